The largest absolute Gasteiger partial charge is 0.411 e. The van der Waals surface area contributed by atoms with E-state index in [0.717, 1.165) is 5.56 Å². The summed E-state index contributed by atoms with van der Waals surface area (Å²) < 4.78 is 42.1. The molecule has 0 bridgehead atoms. The maximum absolute atomic E-state index is 12.0. The number of nitrogens with one attached hydrogen (secondary N) is 1. The van der Waals surface area contributed by atoms with Gasteiger partial charge in [-0.3, -0.25) is 4.79 Å². The van der Waals surface area contributed by atoms with Crippen LogP contribution < -0.4 is 5.32 Å². The van der Waals surface area contributed by atoms with Crippen LogP contribution in [0.15, 0.2) is 36.8 Å². The average molecular weight is 328 g/mol. The average Bonchev–Trinajstić information content (AvgIpc) is 3.04. The molecule has 0 spiro atoms. The van der Waals surface area contributed by atoms with Crippen LogP contribution in [0.25, 0.3) is 5.82 Å². The molecule has 0 saturated carbocycles. The third-order valence-corrected chi connectivity index (χ3v) is 2.88. The minimum absolute atomic E-state index is 0.148. The van der Waals surface area contributed by atoms with E-state index in [-0.39, 0.29) is 6.54 Å². The summed E-state index contributed by atoms with van der Waals surface area (Å²) in [4.78, 5) is 15.8. The number of rotatable bonds is 6. The molecule has 2 rings (SSSR count). The number of alkyl halides is 3. The number of pyridine rings is 1. The van der Waals surface area contributed by atoms with Gasteiger partial charge in [-0.1, -0.05) is 0 Å². The lowest BCUT2D eigenvalue weighted by molar-refractivity contribution is -0.185. The summed E-state index contributed by atoms with van der Waals surface area (Å²) in [6.45, 7) is -0.0432. The van der Waals surface area contributed by atoms with Crippen LogP contribution >= 0.6 is 0 Å². The van der Waals surface area contributed by atoms with Crippen LogP contribution in [-0.4, -0.2) is 39.6 Å². The molecule has 2 heterocycles. The van der Waals surface area contributed by atoms with Crippen molar-refractivity contribution in [3.05, 3.63) is 42.4 Å². The number of halogens is 3. The van der Waals surface area contributed by atoms with Gasteiger partial charge >= 0.3 is 6.18 Å². The molecule has 124 valence electrons. The molecule has 23 heavy (non-hydrogen) atoms. The van der Waals surface area contributed by atoms with E-state index in [1.165, 1.54) is 6.92 Å². The van der Waals surface area contributed by atoms with Crippen LogP contribution in [0.5, 0.6) is 0 Å². The van der Waals surface area contributed by atoms with Gasteiger partial charge in [0.2, 0.25) is 5.91 Å². The number of aromatic nitrogens is 3. The van der Waals surface area contributed by atoms with Gasteiger partial charge in [0.05, 0.1) is 0 Å². The Bertz CT molecular complexity index is 644. The number of hydrogen-bond acceptors (Lipinski definition) is 4. The fourth-order valence-electron chi connectivity index (χ4n) is 1.73. The number of ether oxygens (including phenoxy) is 1. The molecular formula is C14H15F3N4O2. The molecule has 0 saturated heterocycles. The lowest BCUT2D eigenvalue weighted by Gasteiger charge is -2.14. The molecule has 0 fully saturated rings. The minimum atomic E-state index is -4.46. The molecule has 0 aliphatic rings. The lowest BCUT2D eigenvalue weighted by atomic mass is 10.2. The molecule has 9 heteroatoms. The van der Waals surface area contributed by atoms with Gasteiger partial charge in [-0.2, -0.15) is 18.3 Å². The molecule has 2 aromatic heterocycles. The van der Waals surface area contributed by atoms with Crippen LogP contribution in [0.2, 0.25) is 0 Å². The normalized spacial score (nSPS) is 12.9. The maximum atomic E-state index is 12.0. The van der Waals surface area contributed by atoms with E-state index >= 15 is 0 Å². The molecule has 0 radical (unpaired) electrons. The highest BCUT2D eigenvalue weighted by Gasteiger charge is 2.29. The standard InChI is InChI=1S/C14H15F3N4O2/c1-10(23-9-14(15,16)17)13(22)19-8-11-3-5-18-12(7-11)21-6-2-4-20-21/h2-7,10H,8-9H2,1H3,(H,19,22)/t10-/m0/s1. The number of nitrogens with zero attached hydrogens (tertiary/aromatic N) is 3. The van der Waals surface area contributed by atoms with Crippen LogP contribution in [0, 0.1) is 0 Å². The van der Waals surface area contributed by atoms with Gasteiger partial charge in [0, 0.05) is 25.1 Å². The predicted molar refractivity (Wildman–Crippen MR) is 74.7 cm³/mol. The van der Waals surface area contributed by atoms with Crippen molar-refractivity contribution >= 4 is 5.91 Å². The lowest BCUT2D eigenvalue weighted by Crippen LogP contribution is -2.36. The van der Waals surface area contributed by atoms with Crippen molar-refractivity contribution in [1.82, 2.24) is 20.1 Å². The van der Waals surface area contributed by atoms with Crippen molar-refractivity contribution in [3.63, 3.8) is 0 Å². The van der Waals surface area contributed by atoms with Crippen molar-refractivity contribution in [3.8, 4) is 5.82 Å². The zero-order valence-electron chi connectivity index (χ0n) is 12.2. The fourth-order valence-corrected chi connectivity index (χ4v) is 1.73. The molecule has 1 N–H and O–H groups in total. The van der Waals surface area contributed by atoms with E-state index in [1.54, 1.807) is 41.5 Å². The summed E-state index contributed by atoms with van der Waals surface area (Å²) in [5.74, 6) is -0.0465. The van der Waals surface area contributed by atoms with E-state index in [2.05, 4.69) is 20.1 Å². The number of carbonyl (C=O) groups excluding carboxylic acids is 1. The zero-order valence-corrected chi connectivity index (χ0v) is 12.2. The Balaban J connectivity index is 1.88. The molecule has 0 aliphatic carbocycles. The molecule has 0 aromatic carbocycles. The fraction of sp³-hybridized carbons (Fsp3) is 0.357. The summed E-state index contributed by atoms with van der Waals surface area (Å²) >= 11 is 0. The van der Waals surface area contributed by atoms with Crippen molar-refractivity contribution in [2.24, 2.45) is 0 Å². The Morgan fingerprint density at radius 3 is 2.87 bits per heavy atom. The highest BCUT2D eigenvalue weighted by molar-refractivity contribution is 5.80. The van der Waals surface area contributed by atoms with Gasteiger partial charge < -0.3 is 10.1 Å². The molecule has 1 amide bonds. The second-order valence-corrected chi connectivity index (χ2v) is 4.76. The Hall–Kier alpha value is -2.42. The third kappa shape index (κ3) is 5.37. The first-order valence-corrected chi connectivity index (χ1v) is 6.76. The molecule has 1 atom stereocenters. The Morgan fingerprint density at radius 2 is 2.22 bits per heavy atom. The van der Waals surface area contributed by atoms with Gasteiger partial charge in [0.15, 0.2) is 5.82 Å². The molecule has 2 aromatic rings. The van der Waals surface area contributed by atoms with Gasteiger partial charge in [-0.15, -0.1) is 0 Å². The van der Waals surface area contributed by atoms with Gasteiger partial charge in [0.25, 0.3) is 0 Å². The third-order valence-electron chi connectivity index (χ3n) is 2.88. The van der Waals surface area contributed by atoms with Crippen molar-refractivity contribution in [2.45, 2.75) is 25.7 Å². The van der Waals surface area contributed by atoms with Gasteiger partial charge in [-0.05, 0) is 30.7 Å². The van der Waals surface area contributed by atoms with E-state index in [9.17, 15) is 18.0 Å². The highest BCUT2D eigenvalue weighted by atomic mass is 19.4. The van der Waals surface area contributed by atoms with Crippen molar-refractivity contribution in [1.29, 1.82) is 0 Å². The number of hydrogen-bond donors (Lipinski definition) is 1. The van der Waals surface area contributed by atoms with Crippen LogP contribution in [0.3, 0.4) is 0 Å². The van der Waals surface area contributed by atoms with E-state index in [0.29, 0.717) is 5.82 Å². The van der Waals surface area contributed by atoms with Gasteiger partial charge in [0.1, 0.15) is 12.7 Å². The Kier molecular flexibility index (Phi) is 5.32. The summed E-state index contributed by atoms with van der Waals surface area (Å²) in [6, 6.07) is 5.15. The number of amides is 1. The second-order valence-electron chi connectivity index (χ2n) is 4.76. The van der Waals surface area contributed by atoms with E-state index in [4.69, 9.17) is 0 Å². The first-order valence-electron chi connectivity index (χ1n) is 6.76. The minimum Gasteiger partial charge on any atom is -0.359 e. The van der Waals surface area contributed by atoms with Crippen molar-refractivity contribution in [2.75, 3.05) is 6.61 Å². The second kappa shape index (κ2) is 7.23. The molecule has 0 aliphatic heterocycles. The summed E-state index contributed by atoms with van der Waals surface area (Å²) in [5.41, 5.74) is 0.738. The van der Waals surface area contributed by atoms with Gasteiger partial charge in [-0.25, -0.2) is 9.67 Å². The van der Waals surface area contributed by atoms with Crippen molar-refractivity contribution < 1.29 is 22.7 Å². The predicted octanol–water partition coefficient (Wildman–Crippen LogP) is 1.85. The Labute approximate surface area is 130 Å². The SMILES string of the molecule is C[C@H](OCC(F)(F)F)C(=O)NCc1ccnc(-n2cccn2)c1. The van der Waals surface area contributed by atoms with E-state index in [1.807, 2.05) is 0 Å². The summed E-state index contributed by atoms with van der Waals surface area (Å²) in [7, 11) is 0. The van der Waals surface area contributed by atoms with Crippen LogP contribution in [0.1, 0.15) is 12.5 Å². The first kappa shape index (κ1) is 16.9. The summed E-state index contributed by atoms with van der Waals surface area (Å²) in [6.07, 6.45) is -0.766. The van der Waals surface area contributed by atoms with Crippen LogP contribution in [0.4, 0.5) is 13.2 Å². The maximum Gasteiger partial charge on any atom is 0.411 e. The zero-order chi connectivity index (χ0) is 16.9. The van der Waals surface area contributed by atoms with E-state index < -0.39 is 24.8 Å². The number of carbonyl (C=O) groups is 1. The monoisotopic (exact) mass is 328 g/mol. The summed E-state index contributed by atoms with van der Waals surface area (Å²) in [5, 5.41) is 6.56. The smallest absolute Gasteiger partial charge is 0.359 e. The molecule has 0 unspecified atom stereocenters. The molecule has 6 nitrogen and oxygen atoms in total. The van der Waals surface area contributed by atoms with Crippen LogP contribution in [-0.2, 0) is 16.1 Å². The topological polar surface area (TPSA) is 69.0 Å². The highest BCUT2D eigenvalue weighted by Crippen LogP contribution is 2.15. The first-order chi connectivity index (χ1) is 10.8. The quantitative estimate of drug-likeness (QED) is 0.879. The molecular weight excluding hydrogens is 313 g/mol. The Morgan fingerprint density at radius 1 is 1.43 bits per heavy atom.